The molecule has 138 valence electrons. The second kappa shape index (κ2) is 13.4. The van der Waals surface area contributed by atoms with Crippen molar-refractivity contribution in [3.8, 4) is 0 Å². The molecular weight excluding hydrogens is 334 g/mol. The normalized spacial score (nSPS) is 10.8. The summed E-state index contributed by atoms with van der Waals surface area (Å²) in [4.78, 5) is 19.4. The monoisotopic (exact) mass is 363 g/mol. The number of nitrogens with zero attached hydrogens (tertiary/aromatic N) is 2. The van der Waals surface area contributed by atoms with E-state index in [2.05, 4.69) is 22.2 Å². The van der Waals surface area contributed by atoms with Gasteiger partial charge in [0.2, 0.25) is 0 Å². The Bertz CT molecular complexity index is 609. The van der Waals surface area contributed by atoms with Gasteiger partial charge in [-0.15, -0.1) is 0 Å². The van der Waals surface area contributed by atoms with Crippen molar-refractivity contribution in [1.82, 2.24) is 15.3 Å². The van der Waals surface area contributed by atoms with Crippen LogP contribution in [0.1, 0.15) is 44.3 Å². The minimum atomic E-state index is -0.862. The zero-order valence-corrected chi connectivity index (χ0v) is 16.2. The van der Waals surface area contributed by atoms with Crippen molar-refractivity contribution < 1.29 is 9.90 Å². The van der Waals surface area contributed by atoms with E-state index >= 15 is 0 Å². The predicted molar refractivity (Wildman–Crippen MR) is 106 cm³/mol. The van der Waals surface area contributed by atoms with Crippen molar-refractivity contribution in [2.24, 2.45) is 0 Å². The van der Waals surface area contributed by atoms with Gasteiger partial charge in [0, 0.05) is 30.9 Å². The van der Waals surface area contributed by atoms with Crippen LogP contribution in [0.15, 0.2) is 42.6 Å². The molecule has 1 unspecified atom stereocenters. The van der Waals surface area contributed by atoms with Crippen LogP contribution in [0.3, 0.4) is 0 Å². The Labute approximate surface area is 157 Å². The summed E-state index contributed by atoms with van der Waals surface area (Å²) in [6, 6.07) is 11.7. The van der Waals surface area contributed by atoms with Crippen LogP contribution in [-0.2, 0) is 24.2 Å². The Balaban J connectivity index is 0.00000185. The number of hydrogen-bond acceptors (Lipinski definition) is 4. The molecule has 2 aromatic rings. The number of carboxylic acid groups (broad SMARTS) is 1. The Kier molecular flexibility index (Phi) is 12.4. The number of carboxylic acids is 1. The Morgan fingerprint density at radius 2 is 1.80 bits per heavy atom. The van der Waals surface area contributed by atoms with Gasteiger partial charge in [-0.1, -0.05) is 32.9 Å². The van der Waals surface area contributed by atoms with Gasteiger partial charge < -0.3 is 10.4 Å². The third-order valence-electron chi connectivity index (χ3n) is 3.44. The lowest BCUT2D eigenvalue weighted by atomic mass is 10.1. The van der Waals surface area contributed by atoms with Crippen molar-refractivity contribution in [3.05, 3.63) is 59.7 Å². The highest BCUT2D eigenvalue weighted by atomic mass is 32.1. The van der Waals surface area contributed by atoms with Crippen molar-refractivity contribution >= 4 is 19.5 Å². The molecule has 1 atom stereocenters. The number of nitrogens with one attached hydrogen (secondary N) is 1. The van der Waals surface area contributed by atoms with Gasteiger partial charge in [-0.25, -0.2) is 0 Å². The summed E-state index contributed by atoms with van der Waals surface area (Å²) in [5, 5.41) is 12.3. The smallest absolute Gasteiger partial charge is 0.309 e. The van der Waals surface area contributed by atoms with Gasteiger partial charge in [0.1, 0.15) is 0 Å². The zero-order valence-electron chi connectivity index (χ0n) is 15.2. The van der Waals surface area contributed by atoms with Gasteiger partial charge in [-0.05, 0) is 30.7 Å². The molecule has 0 spiro atoms. The predicted octanol–water partition coefficient (Wildman–Crippen LogP) is 3.35. The van der Waals surface area contributed by atoms with E-state index in [1.54, 1.807) is 12.3 Å². The van der Waals surface area contributed by atoms with E-state index in [0.717, 1.165) is 24.2 Å². The fourth-order valence-electron chi connectivity index (χ4n) is 2.26. The Hall–Kier alpha value is -1.92. The van der Waals surface area contributed by atoms with Crippen molar-refractivity contribution in [1.29, 1.82) is 0 Å². The first kappa shape index (κ1) is 23.1. The average molecular weight is 364 g/mol. The second-order valence-corrected chi connectivity index (χ2v) is 5.20. The molecule has 0 aliphatic rings. The van der Waals surface area contributed by atoms with Gasteiger partial charge in [0.05, 0.1) is 17.8 Å². The van der Waals surface area contributed by atoms with Gasteiger partial charge >= 0.3 is 5.97 Å². The lowest BCUT2D eigenvalue weighted by Crippen LogP contribution is -2.30. The molecule has 2 N–H and O–H groups in total. The minimum absolute atomic E-state index is 0. The molecule has 0 aliphatic carbocycles. The van der Waals surface area contributed by atoms with Crippen LogP contribution in [0.2, 0.25) is 0 Å². The van der Waals surface area contributed by atoms with E-state index in [9.17, 15) is 4.79 Å². The van der Waals surface area contributed by atoms with Crippen LogP contribution < -0.4 is 5.32 Å². The van der Waals surface area contributed by atoms with Crippen molar-refractivity contribution in [2.75, 3.05) is 0 Å². The standard InChI is InChI=1S/C17H21N3O2.C2H6.H2S/c1-2-13(10-14-6-3-4-9-18-14)19-12-16-8-5-7-15(20-16)11-17(21)22;1-2;/h3-9,13,19H,2,10-12H2,1H3,(H,21,22);1-2H3;1H2. The number of pyridine rings is 2. The molecule has 6 heteroatoms. The molecular formula is C19H29N3O2S. The number of rotatable bonds is 8. The summed E-state index contributed by atoms with van der Waals surface area (Å²) >= 11 is 0. The highest BCUT2D eigenvalue weighted by Gasteiger charge is 2.09. The SMILES string of the molecule is CC.CCC(Cc1ccccn1)NCc1cccc(CC(=O)O)n1.S. The fourth-order valence-corrected chi connectivity index (χ4v) is 2.26. The number of hydrogen-bond donors (Lipinski definition) is 2. The van der Waals surface area contributed by atoms with E-state index in [-0.39, 0.29) is 19.9 Å². The summed E-state index contributed by atoms with van der Waals surface area (Å²) < 4.78 is 0. The lowest BCUT2D eigenvalue weighted by molar-refractivity contribution is -0.136. The molecule has 0 bridgehead atoms. The van der Waals surface area contributed by atoms with Crippen molar-refractivity contribution in [2.45, 2.75) is 52.6 Å². The molecule has 2 heterocycles. The van der Waals surface area contributed by atoms with Crippen LogP contribution in [0.5, 0.6) is 0 Å². The third kappa shape index (κ3) is 9.22. The van der Waals surface area contributed by atoms with Gasteiger partial charge in [0.25, 0.3) is 0 Å². The number of aliphatic carboxylic acids is 1. The molecule has 0 radical (unpaired) electrons. The van der Waals surface area contributed by atoms with Gasteiger partial charge in [-0.2, -0.15) is 13.5 Å². The maximum Gasteiger partial charge on any atom is 0.309 e. The molecule has 25 heavy (non-hydrogen) atoms. The van der Waals surface area contributed by atoms with E-state index in [1.807, 2.05) is 44.2 Å². The third-order valence-corrected chi connectivity index (χ3v) is 3.44. The van der Waals surface area contributed by atoms with Crippen LogP contribution in [0, 0.1) is 0 Å². The highest BCUT2D eigenvalue weighted by molar-refractivity contribution is 7.59. The summed E-state index contributed by atoms with van der Waals surface area (Å²) in [5.41, 5.74) is 2.51. The van der Waals surface area contributed by atoms with Gasteiger partial charge in [0.15, 0.2) is 0 Å². The van der Waals surface area contributed by atoms with E-state index < -0.39 is 5.97 Å². The van der Waals surface area contributed by atoms with E-state index in [4.69, 9.17) is 5.11 Å². The minimum Gasteiger partial charge on any atom is -0.481 e. The molecule has 0 fully saturated rings. The van der Waals surface area contributed by atoms with Crippen LogP contribution >= 0.6 is 13.5 Å². The highest BCUT2D eigenvalue weighted by Crippen LogP contribution is 2.05. The Morgan fingerprint density at radius 1 is 1.12 bits per heavy atom. The van der Waals surface area contributed by atoms with Crippen LogP contribution in [-0.4, -0.2) is 27.1 Å². The van der Waals surface area contributed by atoms with Gasteiger partial charge in [-0.3, -0.25) is 14.8 Å². The van der Waals surface area contributed by atoms with Crippen molar-refractivity contribution in [3.63, 3.8) is 0 Å². The average Bonchev–Trinajstić information content (AvgIpc) is 2.61. The topological polar surface area (TPSA) is 75.1 Å². The summed E-state index contributed by atoms with van der Waals surface area (Å²) in [6.07, 6.45) is 3.62. The molecule has 5 nitrogen and oxygen atoms in total. The zero-order chi connectivity index (χ0) is 17.8. The number of aromatic nitrogens is 2. The summed E-state index contributed by atoms with van der Waals surface area (Å²) in [5.74, 6) is -0.862. The first-order chi connectivity index (χ1) is 11.7. The fraction of sp³-hybridized carbons (Fsp3) is 0.421. The molecule has 2 rings (SSSR count). The van der Waals surface area contributed by atoms with Crippen LogP contribution in [0.4, 0.5) is 0 Å². The molecule has 0 saturated heterocycles. The maximum atomic E-state index is 10.7. The first-order valence-electron chi connectivity index (χ1n) is 8.47. The molecule has 0 amide bonds. The molecule has 0 aliphatic heterocycles. The number of carbonyl (C=O) groups is 1. The largest absolute Gasteiger partial charge is 0.481 e. The molecule has 2 aromatic heterocycles. The lowest BCUT2D eigenvalue weighted by Gasteiger charge is -2.16. The molecule has 0 saturated carbocycles. The second-order valence-electron chi connectivity index (χ2n) is 5.20. The van der Waals surface area contributed by atoms with Crippen LogP contribution in [0.25, 0.3) is 0 Å². The van der Waals surface area contributed by atoms with E-state index in [1.165, 1.54) is 0 Å². The first-order valence-corrected chi connectivity index (χ1v) is 8.47. The van der Waals surface area contributed by atoms with E-state index in [0.29, 0.717) is 18.3 Å². The maximum absolute atomic E-state index is 10.7. The summed E-state index contributed by atoms with van der Waals surface area (Å²) in [7, 11) is 0. The quantitative estimate of drug-likeness (QED) is 0.752. The summed E-state index contributed by atoms with van der Waals surface area (Å²) in [6.45, 7) is 6.76. The molecule has 0 aromatic carbocycles. The Morgan fingerprint density at radius 3 is 2.40 bits per heavy atom.